The second-order valence-electron chi connectivity index (χ2n) is 20.9. The first-order valence-electron chi connectivity index (χ1n) is 23.9. The van der Waals surface area contributed by atoms with Gasteiger partial charge in [-0.3, -0.25) is 14.4 Å². The minimum Gasteiger partial charge on any atom is -0.456 e. The van der Waals surface area contributed by atoms with E-state index in [-0.39, 0.29) is 48.5 Å². The molecule has 1 aliphatic heterocycles. The summed E-state index contributed by atoms with van der Waals surface area (Å²) in [7, 11) is 0. The van der Waals surface area contributed by atoms with Gasteiger partial charge in [0.15, 0.2) is 23.6 Å². The zero-order valence-corrected chi connectivity index (χ0v) is 42.1. The molecule has 2 saturated carbocycles. The normalized spacial score (nSPS) is 29.9. The second-order valence-corrected chi connectivity index (χ2v) is 20.9. The van der Waals surface area contributed by atoms with Crippen LogP contribution >= 0.6 is 0 Å². The van der Waals surface area contributed by atoms with Crippen molar-refractivity contribution in [2.75, 3.05) is 39.6 Å². The highest BCUT2D eigenvalue weighted by Crippen LogP contribution is 2.65. The Morgan fingerprint density at radius 2 is 1.52 bits per heavy atom. The quantitative estimate of drug-likeness (QED) is 0.0652. The molecular formula is C52H69NO18. The van der Waals surface area contributed by atoms with Gasteiger partial charge in [-0.05, 0) is 77.3 Å². The van der Waals surface area contributed by atoms with Crippen LogP contribution in [-0.2, 0) is 57.1 Å². The van der Waals surface area contributed by atoms with Crippen molar-refractivity contribution >= 4 is 35.8 Å². The largest absolute Gasteiger partial charge is 0.456 e. The molecule has 1 saturated heterocycles. The van der Waals surface area contributed by atoms with Crippen LogP contribution in [0.4, 0.5) is 4.79 Å². The van der Waals surface area contributed by atoms with Gasteiger partial charge < -0.3 is 63.6 Å². The number of Topliss-reactive ketones (excluding diaryl/α,β-unsaturated/α-hetero) is 1. The maximum absolute atomic E-state index is 16.4. The molecule has 2 aromatic rings. The van der Waals surface area contributed by atoms with Gasteiger partial charge in [0.25, 0.3) is 0 Å². The van der Waals surface area contributed by atoms with E-state index in [4.69, 9.17) is 37.9 Å². The molecule has 3 fully saturated rings. The number of esters is 4. The predicted molar refractivity (Wildman–Crippen MR) is 250 cm³/mol. The van der Waals surface area contributed by atoms with E-state index < -0.39 is 137 Å². The van der Waals surface area contributed by atoms with E-state index in [0.29, 0.717) is 6.61 Å². The van der Waals surface area contributed by atoms with Crippen LogP contribution < -0.4 is 5.32 Å². The van der Waals surface area contributed by atoms with Crippen molar-refractivity contribution < 1.29 is 87.1 Å². The van der Waals surface area contributed by atoms with Crippen molar-refractivity contribution in [1.82, 2.24) is 5.32 Å². The fourth-order valence-electron chi connectivity index (χ4n) is 10.7. The number of amides is 1. The molecule has 1 amide bonds. The standard InChI is InChI=1S/C52H69NO18/c1-11-64-22-23-65-34-24-35-51(28-66-35,70-30(3)56)40-42(69-43(59)32-20-16-13-17-21-32)52(63)25-33(67-44(60)38(57)37(31-18-14-12-15-19-31)53-46(62)71-47(4,5)6)29(2)36(48(52,7)8)39(41(58)50(34,40)10)68-45(61)49(9,26-54)27-55/h12-21,33-35,37-40,42,54-55,57,63H,11,22-28H2,1-10H3,(H,53,62)/t33-,34-,35+,37-,38+,39+,40?,42-,50+,51-,52+/m0/s1. The molecule has 5 N–H and O–H groups in total. The highest BCUT2D eigenvalue weighted by atomic mass is 16.6. The number of hydrogen-bond acceptors (Lipinski definition) is 18. The lowest BCUT2D eigenvalue weighted by atomic mass is 9.44. The van der Waals surface area contributed by atoms with Gasteiger partial charge in [-0.1, -0.05) is 62.4 Å². The Labute approximate surface area is 413 Å². The van der Waals surface area contributed by atoms with Gasteiger partial charge in [0.2, 0.25) is 0 Å². The van der Waals surface area contributed by atoms with Crippen LogP contribution in [0.5, 0.6) is 0 Å². The Morgan fingerprint density at radius 1 is 0.901 bits per heavy atom. The third kappa shape index (κ3) is 10.4. The first-order chi connectivity index (χ1) is 33.3. The summed E-state index contributed by atoms with van der Waals surface area (Å²) in [4.78, 5) is 86.4. The van der Waals surface area contributed by atoms with E-state index in [2.05, 4.69) is 5.32 Å². The van der Waals surface area contributed by atoms with E-state index in [9.17, 15) is 44.4 Å². The van der Waals surface area contributed by atoms with Gasteiger partial charge in [0.05, 0.1) is 62.1 Å². The second kappa shape index (κ2) is 21.1. The number of ether oxygens (including phenoxy) is 8. The summed E-state index contributed by atoms with van der Waals surface area (Å²) in [5.74, 6) is -6.74. The number of nitrogens with one attached hydrogen (secondary N) is 1. The smallest absolute Gasteiger partial charge is 0.408 e. The summed E-state index contributed by atoms with van der Waals surface area (Å²) >= 11 is 0. The van der Waals surface area contributed by atoms with Crippen molar-refractivity contribution in [3.63, 3.8) is 0 Å². The van der Waals surface area contributed by atoms with Crippen LogP contribution in [-0.4, -0.2) is 149 Å². The molecule has 0 spiro atoms. The van der Waals surface area contributed by atoms with Gasteiger partial charge >= 0.3 is 30.0 Å². The van der Waals surface area contributed by atoms with Crippen molar-refractivity contribution in [3.05, 3.63) is 82.9 Å². The molecule has 390 valence electrons. The number of aliphatic hydroxyl groups excluding tert-OH is 3. The zero-order chi connectivity index (χ0) is 52.5. The molecule has 71 heavy (non-hydrogen) atoms. The first-order valence-corrected chi connectivity index (χ1v) is 23.9. The van der Waals surface area contributed by atoms with Gasteiger partial charge in [-0.15, -0.1) is 0 Å². The summed E-state index contributed by atoms with van der Waals surface area (Å²) in [6, 6.07) is 14.4. The topological polar surface area (TPSA) is 269 Å². The Morgan fingerprint density at radius 3 is 2.07 bits per heavy atom. The number of rotatable bonds is 17. The highest BCUT2D eigenvalue weighted by Gasteiger charge is 2.79. The summed E-state index contributed by atoms with van der Waals surface area (Å²) in [6.45, 7) is 13.3. The molecule has 0 radical (unpaired) electrons. The Balaban J connectivity index is 1.61. The average molecular weight is 996 g/mol. The Kier molecular flexibility index (Phi) is 16.3. The van der Waals surface area contributed by atoms with E-state index >= 15 is 4.79 Å². The van der Waals surface area contributed by atoms with Crippen molar-refractivity contribution in [2.45, 2.75) is 142 Å². The molecule has 0 aromatic heterocycles. The minimum atomic E-state index is -2.50. The van der Waals surface area contributed by atoms with Crippen LogP contribution in [0.15, 0.2) is 71.8 Å². The van der Waals surface area contributed by atoms with Crippen molar-refractivity contribution in [1.29, 1.82) is 0 Å². The number of hydrogen-bond donors (Lipinski definition) is 5. The van der Waals surface area contributed by atoms with Gasteiger partial charge in [0, 0.05) is 31.8 Å². The number of benzene rings is 2. The lowest BCUT2D eigenvalue weighted by molar-refractivity contribution is -0.349. The van der Waals surface area contributed by atoms with Crippen molar-refractivity contribution in [2.24, 2.45) is 22.2 Å². The maximum Gasteiger partial charge on any atom is 0.408 e. The number of ketones is 1. The van der Waals surface area contributed by atoms with Crippen LogP contribution in [0, 0.1) is 22.2 Å². The minimum absolute atomic E-state index is 0.0460. The van der Waals surface area contributed by atoms with E-state index in [1.165, 1.54) is 46.8 Å². The van der Waals surface area contributed by atoms with Gasteiger partial charge in [-0.25, -0.2) is 14.4 Å². The SMILES string of the molecule is CCOCCO[C@H]1C[C@H]2OC[C@@]2(OC(C)=O)C2[C@H](OC(=O)c3ccccc3)[C@]3(O)C[C@H](OC(=O)[C@H](O)[C@@H](NC(=O)OC(C)(C)C)c4ccccc4)C(C)=C([C@@H](OC(=O)C(C)(CO)CO)C(=O)[C@@]21C)C3(C)C. The number of alkyl carbamates (subject to hydrolysis) is 1. The predicted octanol–water partition coefficient (Wildman–Crippen LogP) is 3.86. The third-order valence-electron chi connectivity index (χ3n) is 14.7. The molecule has 11 atom stereocenters. The van der Waals surface area contributed by atoms with Crippen LogP contribution in [0.2, 0.25) is 0 Å². The summed E-state index contributed by atoms with van der Waals surface area (Å²) in [5, 5.41) is 49.4. The Bertz CT molecular complexity index is 2330. The molecule has 19 heteroatoms. The fraction of sp³-hybridized carbons (Fsp3) is 0.615. The maximum atomic E-state index is 16.4. The summed E-state index contributed by atoms with van der Waals surface area (Å²) in [5.41, 5.74) is -10.8. The summed E-state index contributed by atoms with van der Waals surface area (Å²) in [6.07, 6.45) is -11.5. The monoisotopic (exact) mass is 995 g/mol. The number of aliphatic hydroxyl groups is 4. The molecule has 2 aromatic carbocycles. The van der Waals surface area contributed by atoms with Crippen LogP contribution in [0.1, 0.15) is 104 Å². The summed E-state index contributed by atoms with van der Waals surface area (Å²) < 4.78 is 48.9. The molecule has 19 nitrogen and oxygen atoms in total. The molecule has 3 aliphatic carbocycles. The number of fused-ring (bicyclic) bond motifs is 5. The molecule has 6 rings (SSSR count). The van der Waals surface area contributed by atoms with Crippen LogP contribution in [0.25, 0.3) is 0 Å². The van der Waals surface area contributed by atoms with E-state index in [1.54, 1.807) is 76.2 Å². The zero-order valence-electron chi connectivity index (χ0n) is 42.1. The van der Waals surface area contributed by atoms with Gasteiger partial charge in [0.1, 0.15) is 34.9 Å². The first kappa shape index (κ1) is 55.0. The molecule has 4 aliphatic rings. The average Bonchev–Trinajstić information content (AvgIpc) is 3.31. The fourth-order valence-corrected chi connectivity index (χ4v) is 10.7. The van der Waals surface area contributed by atoms with Gasteiger partial charge in [-0.2, -0.15) is 0 Å². The van der Waals surface area contributed by atoms with Crippen molar-refractivity contribution in [3.8, 4) is 0 Å². The number of carbonyl (C=O) groups is 6. The molecule has 1 heterocycles. The highest BCUT2D eigenvalue weighted by molar-refractivity contribution is 5.96. The van der Waals surface area contributed by atoms with E-state index in [1.807, 2.05) is 0 Å². The number of carbonyl (C=O) groups excluding carboxylic acids is 6. The lowest BCUT2D eigenvalue weighted by Gasteiger charge is -2.67. The van der Waals surface area contributed by atoms with Crippen LogP contribution in [0.3, 0.4) is 0 Å². The van der Waals surface area contributed by atoms with E-state index in [0.717, 1.165) is 6.92 Å². The Hall–Kier alpha value is -5.28. The molecular weight excluding hydrogens is 927 g/mol. The molecule has 1 unspecified atom stereocenters. The lowest BCUT2D eigenvalue weighted by Crippen LogP contribution is -2.82. The molecule has 2 bridgehead atoms. The third-order valence-corrected chi connectivity index (χ3v) is 14.7.